The number of hydrogen-bond donors (Lipinski definition) is 1. The summed E-state index contributed by atoms with van der Waals surface area (Å²) in [6, 6.07) is 14.2. The molecule has 90 valence electrons. The highest BCUT2D eigenvalue weighted by Gasteiger charge is 2.02. The minimum atomic E-state index is -0.260. The Labute approximate surface area is 106 Å². The molecule has 0 atom stereocenters. The zero-order chi connectivity index (χ0) is 13.0. The van der Waals surface area contributed by atoms with Crippen LogP contribution in [0.15, 0.2) is 42.5 Å². The van der Waals surface area contributed by atoms with Crippen molar-refractivity contribution in [1.29, 1.82) is 5.26 Å². The summed E-state index contributed by atoms with van der Waals surface area (Å²) in [5, 5.41) is 11.8. The maximum Gasteiger partial charge on any atom is 0.146 e. The molecular formula is C15H13FN2. The molecule has 0 fully saturated rings. The van der Waals surface area contributed by atoms with E-state index in [-0.39, 0.29) is 5.82 Å². The fraction of sp³-hybridized carbons (Fsp3) is 0.133. The van der Waals surface area contributed by atoms with Crippen LogP contribution in [0.3, 0.4) is 0 Å². The Hall–Kier alpha value is -2.34. The van der Waals surface area contributed by atoms with Crippen LogP contribution in [-0.2, 0) is 6.54 Å². The van der Waals surface area contributed by atoms with Crippen LogP contribution in [0.4, 0.5) is 10.1 Å². The standard InChI is InChI=1S/C15H13FN2/c1-11-8-12(9-17)6-7-13(11)10-18-15-5-3-2-4-14(15)16/h2-8,18H,10H2,1H3. The first-order valence-electron chi connectivity index (χ1n) is 5.69. The van der Waals surface area contributed by atoms with Crippen molar-refractivity contribution < 1.29 is 4.39 Å². The Morgan fingerprint density at radius 3 is 2.67 bits per heavy atom. The van der Waals surface area contributed by atoms with Gasteiger partial charge in [-0.25, -0.2) is 4.39 Å². The first-order valence-corrected chi connectivity index (χ1v) is 5.69. The summed E-state index contributed by atoms with van der Waals surface area (Å²) in [6.07, 6.45) is 0. The molecule has 0 saturated carbocycles. The first kappa shape index (κ1) is 12.1. The van der Waals surface area contributed by atoms with Gasteiger partial charge in [0.25, 0.3) is 0 Å². The fourth-order valence-corrected chi connectivity index (χ4v) is 1.76. The van der Waals surface area contributed by atoms with E-state index < -0.39 is 0 Å². The zero-order valence-electron chi connectivity index (χ0n) is 10.1. The summed E-state index contributed by atoms with van der Waals surface area (Å²) in [5.41, 5.74) is 3.21. The topological polar surface area (TPSA) is 35.8 Å². The molecule has 2 aromatic rings. The summed E-state index contributed by atoms with van der Waals surface area (Å²) in [4.78, 5) is 0. The Balaban J connectivity index is 2.12. The third-order valence-corrected chi connectivity index (χ3v) is 2.81. The van der Waals surface area contributed by atoms with Gasteiger partial charge in [-0.05, 0) is 42.3 Å². The molecule has 0 saturated heterocycles. The maximum absolute atomic E-state index is 13.4. The van der Waals surface area contributed by atoms with Gasteiger partial charge in [-0.1, -0.05) is 18.2 Å². The molecule has 0 unspecified atom stereocenters. The molecule has 0 aliphatic heterocycles. The van der Waals surface area contributed by atoms with Crippen molar-refractivity contribution in [2.75, 3.05) is 5.32 Å². The number of para-hydroxylation sites is 1. The van der Waals surface area contributed by atoms with E-state index in [1.54, 1.807) is 24.3 Å². The second kappa shape index (κ2) is 5.33. The highest BCUT2D eigenvalue weighted by molar-refractivity contribution is 5.46. The van der Waals surface area contributed by atoms with Crippen molar-refractivity contribution in [3.63, 3.8) is 0 Å². The van der Waals surface area contributed by atoms with Crippen LogP contribution in [0.25, 0.3) is 0 Å². The van der Waals surface area contributed by atoms with Gasteiger partial charge >= 0.3 is 0 Å². The van der Waals surface area contributed by atoms with Crippen LogP contribution in [0, 0.1) is 24.1 Å². The second-order valence-electron chi connectivity index (χ2n) is 4.09. The van der Waals surface area contributed by atoms with Crippen molar-refractivity contribution in [2.45, 2.75) is 13.5 Å². The number of aryl methyl sites for hydroxylation is 1. The van der Waals surface area contributed by atoms with Crippen LogP contribution in [0.1, 0.15) is 16.7 Å². The number of anilines is 1. The van der Waals surface area contributed by atoms with E-state index in [0.717, 1.165) is 11.1 Å². The molecule has 0 aromatic heterocycles. The Bertz CT molecular complexity index is 600. The monoisotopic (exact) mass is 240 g/mol. The van der Waals surface area contributed by atoms with Crippen LogP contribution in [0.2, 0.25) is 0 Å². The van der Waals surface area contributed by atoms with E-state index in [2.05, 4.69) is 11.4 Å². The van der Waals surface area contributed by atoms with E-state index in [9.17, 15) is 4.39 Å². The van der Waals surface area contributed by atoms with Gasteiger partial charge in [0.1, 0.15) is 5.82 Å². The maximum atomic E-state index is 13.4. The number of benzene rings is 2. The minimum absolute atomic E-state index is 0.260. The lowest BCUT2D eigenvalue weighted by molar-refractivity contribution is 0.630. The van der Waals surface area contributed by atoms with Crippen LogP contribution >= 0.6 is 0 Å². The number of halogens is 1. The van der Waals surface area contributed by atoms with Gasteiger partial charge in [-0.15, -0.1) is 0 Å². The van der Waals surface area contributed by atoms with Crippen LogP contribution < -0.4 is 5.32 Å². The van der Waals surface area contributed by atoms with Crippen molar-refractivity contribution in [3.8, 4) is 6.07 Å². The van der Waals surface area contributed by atoms with Crippen molar-refractivity contribution in [3.05, 3.63) is 65.0 Å². The summed E-state index contributed by atoms with van der Waals surface area (Å²) < 4.78 is 13.4. The normalized spacial score (nSPS) is 9.83. The molecule has 0 aliphatic carbocycles. The minimum Gasteiger partial charge on any atom is -0.379 e. The molecule has 0 aliphatic rings. The smallest absolute Gasteiger partial charge is 0.146 e. The zero-order valence-corrected chi connectivity index (χ0v) is 10.1. The van der Waals surface area contributed by atoms with E-state index in [0.29, 0.717) is 17.8 Å². The van der Waals surface area contributed by atoms with E-state index >= 15 is 0 Å². The molecule has 2 rings (SSSR count). The summed E-state index contributed by atoms with van der Waals surface area (Å²) in [6.45, 7) is 2.48. The number of hydrogen-bond acceptors (Lipinski definition) is 2. The molecule has 0 amide bonds. The predicted molar refractivity (Wildman–Crippen MR) is 69.6 cm³/mol. The number of rotatable bonds is 3. The average Bonchev–Trinajstić information content (AvgIpc) is 2.39. The van der Waals surface area contributed by atoms with E-state index in [1.165, 1.54) is 6.07 Å². The first-order chi connectivity index (χ1) is 8.70. The highest BCUT2D eigenvalue weighted by Crippen LogP contribution is 2.16. The molecule has 3 heteroatoms. The molecular weight excluding hydrogens is 227 g/mol. The van der Waals surface area contributed by atoms with Gasteiger partial charge in [-0.3, -0.25) is 0 Å². The second-order valence-corrected chi connectivity index (χ2v) is 4.09. The lowest BCUT2D eigenvalue weighted by atomic mass is 10.1. The van der Waals surface area contributed by atoms with Gasteiger partial charge in [0.2, 0.25) is 0 Å². The molecule has 0 bridgehead atoms. The molecule has 18 heavy (non-hydrogen) atoms. The molecule has 0 spiro atoms. The molecule has 0 heterocycles. The third kappa shape index (κ3) is 2.67. The van der Waals surface area contributed by atoms with Crippen molar-refractivity contribution in [2.24, 2.45) is 0 Å². The van der Waals surface area contributed by atoms with E-state index in [4.69, 9.17) is 5.26 Å². The van der Waals surface area contributed by atoms with Gasteiger partial charge in [0.05, 0.1) is 17.3 Å². The molecule has 2 nitrogen and oxygen atoms in total. The lowest BCUT2D eigenvalue weighted by Crippen LogP contribution is -2.03. The quantitative estimate of drug-likeness (QED) is 0.889. The van der Waals surface area contributed by atoms with Crippen molar-refractivity contribution >= 4 is 5.69 Å². The largest absolute Gasteiger partial charge is 0.379 e. The number of nitrogens with one attached hydrogen (secondary N) is 1. The number of nitrogens with zero attached hydrogens (tertiary/aromatic N) is 1. The number of nitriles is 1. The molecule has 1 N–H and O–H groups in total. The Morgan fingerprint density at radius 1 is 1.22 bits per heavy atom. The Morgan fingerprint density at radius 2 is 2.00 bits per heavy atom. The highest BCUT2D eigenvalue weighted by atomic mass is 19.1. The van der Waals surface area contributed by atoms with Gasteiger partial charge in [-0.2, -0.15) is 5.26 Å². The van der Waals surface area contributed by atoms with Gasteiger partial charge in [0, 0.05) is 6.54 Å². The van der Waals surface area contributed by atoms with Crippen molar-refractivity contribution in [1.82, 2.24) is 0 Å². The third-order valence-electron chi connectivity index (χ3n) is 2.81. The summed E-state index contributed by atoms with van der Waals surface area (Å²) in [5.74, 6) is -0.260. The van der Waals surface area contributed by atoms with Gasteiger partial charge in [0.15, 0.2) is 0 Å². The lowest BCUT2D eigenvalue weighted by Gasteiger charge is -2.09. The average molecular weight is 240 g/mol. The van der Waals surface area contributed by atoms with Gasteiger partial charge < -0.3 is 5.32 Å². The molecule has 0 radical (unpaired) electrons. The van der Waals surface area contributed by atoms with E-state index in [1.807, 2.05) is 19.1 Å². The van der Waals surface area contributed by atoms with Crippen LogP contribution in [-0.4, -0.2) is 0 Å². The molecule has 2 aromatic carbocycles. The van der Waals surface area contributed by atoms with Crippen LogP contribution in [0.5, 0.6) is 0 Å². The summed E-state index contributed by atoms with van der Waals surface area (Å²) >= 11 is 0. The fourth-order valence-electron chi connectivity index (χ4n) is 1.76. The predicted octanol–water partition coefficient (Wildman–Crippen LogP) is 3.62. The Kier molecular flexibility index (Phi) is 3.59. The summed E-state index contributed by atoms with van der Waals surface area (Å²) in [7, 11) is 0. The SMILES string of the molecule is Cc1cc(C#N)ccc1CNc1ccccc1F.